The molecule has 2 aliphatic rings. The molecule has 0 radical (unpaired) electrons. The molecule has 0 N–H and O–H groups in total. The molecular formula is C11H18. The highest BCUT2D eigenvalue weighted by Crippen LogP contribution is 2.39. The molecule has 62 valence electrons. The number of allylic oxidation sites excluding steroid dienone is 2. The van der Waals surface area contributed by atoms with Crippen LogP contribution in [0.2, 0.25) is 0 Å². The fourth-order valence-electron chi connectivity index (χ4n) is 2.26. The lowest BCUT2D eigenvalue weighted by molar-refractivity contribution is 0.358. The van der Waals surface area contributed by atoms with Gasteiger partial charge in [0.05, 0.1) is 0 Å². The lowest BCUT2D eigenvalue weighted by Gasteiger charge is -2.20. The molecule has 0 atom stereocenters. The summed E-state index contributed by atoms with van der Waals surface area (Å²) in [6, 6.07) is 0. The third-order valence-electron chi connectivity index (χ3n) is 3.22. The first-order valence-corrected chi connectivity index (χ1v) is 5.04. The van der Waals surface area contributed by atoms with Crippen LogP contribution in [0.4, 0.5) is 0 Å². The largest absolute Gasteiger partial charge is 0.0697 e. The Hall–Kier alpha value is -0.260. The topological polar surface area (TPSA) is 0 Å². The van der Waals surface area contributed by atoms with E-state index in [2.05, 4.69) is 6.92 Å². The molecule has 0 amide bonds. The van der Waals surface area contributed by atoms with Crippen molar-refractivity contribution in [3.63, 3.8) is 0 Å². The van der Waals surface area contributed by atoms with Crippen molar-refractivity contribution in [2.24, 2.45) is 5.92 Å². The minimum atomic E-state index is 1.07. The van der Waals surface area contributed by atoms with Crippen LogP contribution >= 0.6 is 0 Å². The average molecular weight is 150 g/mol. The van der Waals surface area contributed by atoms with E-state index in [0.29, 0.717) is 0 Å². The monoisotopic (exact) mass is 150 g/mol. The van der Waals surface area contributed by atoms with Crippen molar-refractivity contribution in [2.45, 2.75) is 51.9 Å². The van der Waals surface area contributed by atoms with Crippen LogP contribution < -0.4 is 0 Å². The van der Waals surface area contributed by atoms with Crippen LogP contribution in [-0.2, 0) is 0 Å². The van der Waals surface area contributed by atoms with Crippen molar-refractivity contribution >= 4 is 0 Å². The maximum Gasteiger partial charge on any atom is -0.0106 e. The Morgan fingerprint density at radius 1 is 1.18 bits per heavy atom. The molecule has 1 saturated carbocycles. The second-order valence-electron chi connectivity index (χ2n) is 4.27. The first kappa shape index (κ1) is 7.39. The van der Waals surface area contributed by atoms with E-state index >= 15 is 0 Å². The summed E-state index contributed by atoms with van der Waals surface area (Å²) in [4.78, 5) is 0. The van der Waals surface area contributed by atoms with Crippen LogP contribution in [0.5, 0.6) is 0 Å². The van der Waals surface area contributed by atoms with Gasteiger partial charge in [-0.05, 0) is 25.7 Å². The second kappa shape index (κ2) is 3.00. The van der Waals surface area contributed by atoms with Crippen LogP contribution in [-0.4, -0.2) is 0 Å². The van der Waals surface area contributed by atoms with Crippen LogP contribution in [0, 0.1) is 5.92 Å². The number of hydrogen-bond donors (Lipinski definition) is 0. The van der Waals surface area contributed by atoms with E-state index in [4.69, 9.17) is 0 Å². The van der Waals surface area contributed by atoms with Crippen molar-refractivity contribution in [2.75, 3.05) is 0 Å². The molecule has 0 aliphatic heterocycles. The first-order valence-electron chi connectivity index (χ1n) is 5.04. The van der Waals surface area contributed by atoms with Gasteiger partial charge in [0.1, 0.15) is 0 Å². The Morgan fingerprint density at radius 2 is 1.82 bits per heavy atom. The Balaban J connectivity index is 1.77. The minimum absolute atomic E-state index is 1.07. The van der Waals surface area contributed by atoms with Gasteiger partial charge in [0.25, 0.3) is 0 Å². The van der Waals surface area contributed by atoms with Crippen LogP contribution in [0.3, 0.4) is 0 Å². The molecule has 1 fully saturated rings. The molecule has 11 heavy (non-hydrogen) atoms. The molecule has 0 unspecified atom stereocenters. The van der Waals surface area contributed by atoms with Crippen LogP contribution in [0.25, 0.3) is 0 Å². The predicted octanol–water partition coefficient (Wildman–Crippen LogP) is 3.68. The van der Waals surface area contributed by atoms with E-state index < -0.39 is 0 Å². The minimum Gasteiger partial charge on any atom is -0.0697 e. The summed E-state index contributed by atoms with van der Waals surface area (Å²) >= 11 is 0. The van der Waals surface area contributed by atoms with Crippen molar-refractivity contribution in [1.82, 2.24) is 0 Å². The molecule has 2 rings (SSSR count). The fraction of sp³-hybridized carbons (Fsp3) is 0.818. The summed E-state index contributed by atoms with van der Waals surface area (Å²) in [6.45, 7) is 2.29. The van der Waals surface area contributed by atoms with E-state index in [9.17, 15) is 0 Å². The van der Waals surface area contributed by atoms with Gasteiger partial charge in [-0.3, -0.25) is 0 Å². The standard InChI is InChI=1S/C11H18/c1-9-7-11(9)8-10-5-3-2-4-6-10/h10H,2-8H2,1H3. The SMILES string of the molecule is CC1=C(CC2CCCCC2)C1. The Bertz CT molecular complexity index is 170. The van der Waals surface area contributed by atoms with Gasteiger partial charge < -0.3 is 0 Å². The van der Waals surface area contributed by atoms with E-state index in [-0.39, 0.29) is 0 Å². The van der Waals surface area contributed by atoms with Crippen molar-refractivity contribution in [3.05, 3.63) is 11.1 Å². The van der Waals surface area contributed by atoms with E-state index in [1.54, 1.807) is 11.1 Å². The third kappa shape index (κ3) is 1.85. The molecule has 0 aromatic carbocycles. The van der Waals surface area contributed by atoms with Gasteiger partial charge in [-0.2, -0.15) is 0 Å². The fourth-order valence-corrected chi connectivity index (χ4v) is 2.26. The van der Waals surface area contributed by atoms with Crippen LogP contribution in [0.1, 0.15) is 51.9 Å². The van der Waals surface area contributed by atoms with Gasteiger partial charge >= 0.3 is 0 Å². The summed E-state index contributed by atoms with van der Waals surface area (Å²) in [5.41, 5.74) is 3.48. The molecule has 2 aliphatic carbocycles. The van der Waals surface area contributed by atoms with Gasteiger partial charge in [0.2, 0.25) is 0 Å². The molecule has 0 aromatic heterocycles. The molecule has 0 spiro atoms. The maximum atomic E-state index is 2.29. The van der Waals surface area contributed by atoms with Gasteiger partial charge in [-0.25, -0.2) is 0 Å². The zero-order valence-corrected chi connectivity index (χ0v) is 7.53. The summed E-state index contributed by atoms with van der Waals surface area (Å²) < 4.78 is 0. The van der Waals surface area contributed by atoms with E-state index in [1.165, 1.54) is 44.9 Å². The zero-order valence-electron chi connectivity index (χ0n) is 7.53. The molecule has 0 bridgehead atoms. The summed E-state index contributed by atoms with van der Waals surface area (Å²) in [5.74, 6) is 1.07. The summed E-state index contributed by atoms with van der Waals surface area (Å²) in [6.07, 6.45) is 10.3. The van der Waals surface area contributed by atoms with Crippen LogP contribution in [0.15, 0.2) is 11.1 Å². The molecular weight excluding hydrogens is 132 g/mol. The number of hydrogen-bond acceptors (Lipinski definition) is 0. The van der Waals surface area contributed by atoms with Gasteiger partial charge in [-0.15, -0.1) is 0 Å². The zero-order chi connectivity index (χ0) is 7.68. The highest BCUT2D eigenvalue weighted by Gasteiger charge is 2.21. The van der Waals surface area contributed by atoms with E-state index in [0.717, 1.165) is 5.92 Å². The van der Waals surface area contributed by atoms with Crippen molar-refractivity contribution < 1.29 is 0 Å². The van der Waals surface area contributed by atoms with Gasteiger partial charge in [0, 0.05) is 0 Å². The van der Waals surface area contributed by atoms with E-state index in [1.807, 2.05) is 0 Å². The van der Waals surface area contributed by atoms with Crippen molar-refractivity contribution in [3.8, 4) is 0 Å². The smallest absolute Gasteiger partial charge is 0.0106 e. The van der Waals surface area contributed by atoms with Crippen molar-refractivity contribution in [1.29, 1.82) is 0 Å². The molecule has 0 aromatic rings. The Kier molecular flexibility index (Phi) is 2.02. The summed E-state index contributed by atoms with van der Waals surface area (Å²) in [5, 5.41) is 0. The lowest BCUT2D eigenvalue weighted by Crippen LogP contribution is -2.04. The predicted molar refractivity (Wildman–Crippen MR) is 48.5 cm³/mol. The number of rotatable bonds is 2. The Labute approximate surface area is 69.7 Å². The molecule has 0 saturated heterocycles. The highest BCUT2D eigenvalue weighted by molar-refractivity contribution is 5.32. The normalized spacial score (nSPS) is 25.9. The quantitative estimate of drug-likeness (QED) is 0.527. The lowest BCUT2D eigenvalue weighted by atomic mass is 9.86. The second-order valence-corrected chi connectivity index (χ2v) is 4.27. The third-order valence-corrected chi connectivity index (χ3v) is 3.22. The molecule has 0 heteroatoms. The first-order chi connectivity index (χ1) is 5.36. The molecule has 0 nitrogen and oxygen atoms in total. The van der Waals surface area contributed by atoms with Gasteiger partial charge in [0.15, 0.2) is 0 Å². The molecule has 0 heterocycles. The maximum absolute atomic E-state index is 2.29. The Morgan fingerprint density at radius 3 is 2.36 bits per heavy atom. The average Bonchev–Trinajstić information content (AvgIpc) is 2.69. The van der Waals surface area contributed by atoms with Gasteiger partial charge in [-0.1, -0.05) is 43.3 Å². The highest BCUT2D eigenvalue weighted by atomic mass is 14.3. The summed E-state index contributed by atoms with van der Waals surface area (Å²) in [7, 11) is 0.